The minimum atomic E-state index is 0.203. The number of hydrogen-bond acceptors (Lipinski definition) is 2. The first-order valence-corrected chi connectivity index (χ1v) is 5.49. The van der Waals surface area contributed by atoms with E-state index in [1.165, 1.54) is 0 Å². The van der Waals surface area contributed by atoms with Crippen molar-refractivity contribution in [2.45, 2.75) is 38.6 Å². The summed E-state index contributed by atoms with van der Waals surface area (Å²) in [6.45, 7) is 1.97. The lowest BCUT2D eigenvalue weighted by Crippen LogP contribution is -2.15. The third kappa shape index (κ3) is 5.33. The van der Waals surface area contributed by atoms with Gasteiger partial charge in [0.1, 0.15) is 5.78 Å². The Kier molecular flexibility index (Phi) is 5.05. The number of carbonyl (C=O) groups excluding carboxylic acids is 1. The molecule has 82 valence electrons. The quantitative estimate of drug-likeness (QED) is 0.774. The van der Waals surface area contributed by atoms with Crippen LogP contribution in [-0.2, 0) is 11.2 Å². The van der Waals surface area contributed by atoms with Crippen molar-refractivity contribution in [1.29, 1.82) is 0 Å². The minimum absolute atomic E-state index is 0.203. The van der Waals surface area contributed by atoms with Crippen molar-refractivity contribution in [2.75, 3.05) is 0 Å². The van der Waals surface area contributed by atoms with Crippen LogP contribution in [0.25, 0.3) is 0 Å². The molecule has 1 rings (SSSR count). The first kappa shape index (κ1) is 11.9. The van der Waals surface area contributed by atoms with Gasteiger partial charge in [0.2, 0.25) is 0 Å². The molecule has 0 aromatic heterocycles. The van der Waals surface area contributed by atoms with Crippen LogP contribution in [0.3, 0.4) is 0 Å². The number of Topliss-reactive ketones (excluding diaryl/α,β-unsaturated/α-hetero) is 1. The molecule has 0 spiro atoms. The van der Waals surface area contributed by atoms with Crippen molar-refractivity contribution < 1.29 is 4.79 Å². The molecule has 2 heteroatoms. The van der Waals surface area contributed by atoms with Gasteiger partial charge in [0, 0.05) is 18.9 Å². The summed E-state index contributed by atoms with van der Waals surface area (Å²) >= 11 is 0. The van der Waals surface area contributed by atoms with Crippen LogP contribution in [0.15, 0.2) is 30.3 Å². The lowest BCUT2D eigenvalue weighted by atomic mass is 10.0. The van der Waals surface area contributed by atoms with E-state index in [9.17, 15) is 4.79 Å². The molecular weight excluding hydrogens is 186 g/mol. The first-order valence-electron chi connectivity index (χ1n) is 5.49. The Morgan fingerprint density at radius 2 is 2.00 bits per heavy atom. The Balaban J connectivity index is 2.25. The van der Waals surface area contributed by atoms with E-state index < -0.39 is 0 Å². The third-order valence-corrected chi connectivity index (χ3v) is 2.36. The second-order valence-corrected chi connectivity index (χ2v) is 4.07. The van der Waals surface area contributed by atoms with Crippen LogP contribution < -0.4 is 5.73 Å². The highest BCUT2D eigenvalue weighted by atomic mass is 16.1. The van der Waals surface area contributed by atoms with Crippen LogP contribution in [0.2, 0.25) is 0 Å². The van der Waals surface area contributed by atoms with Gasteiger partial charge >= 0.3 is 0 Å². The number of ketones is 1. The maximum absolute atomic E-state index is 11.6. The van der Waals surface area contributed by atoms with Crippen LogP contribution in [0.1, 0.15) is 31.7 Å². The second-order valence-electron chi connectivity index (χ2n) is 4.07. The van der Waals surface area contributed by atoms with E-state index in [0.717, 1.165) is 18.4 Å². The molecule has 0 bridgehead atoms. The average Bonchev–Trinajstić information content (AvgIpc) is 2.18. The Morgan fingerprint density at radius 1 is 1.33 bits per heavy atom. The number of carbonyl (C=O) groups is 1. The Morgan fingerprint density at radius 3 is 2.60 bits per heavy atom. The zero-order chi connectivity index (χ0) is 11.1. The molecule has 1 unspecified atom stereocenters. The molecule has 1 atom stereocenters. The van der Waals surface area contributed by atoms with Gasteiger partial charge in [0.05, 0.1) is 0 Å². The summed E-state index contributed by atoms with van der Waals surface area (Å²) in [5, 5.41) is 0. The zero-order valence-electron chi connectivity index (χ0n) is 9.28. The SMILES string of the molecule is CC(N)CCCC(=O)Cc1ccccc1. The van der Waals surface area contributed by atoms with Crippen molar-refractivity contribution >= 4 is 5.78 Å². The summed E-state index contributed by atoms with van der Waals surface area (Å²) in [5.74, 6) is 0.307. The van der Waals surface area contributed by atoms with Gasteiger partial charge in [-0.3, -0.25) is 4.79 Å². The number of nitrogens with two attached hydrogens (primary N) is 1. The fourth-order valence-corrected chi connectivity index (χ4v) is 1.53. The van der Waals surface area contributed by atoms with E-state index in [2.05, 4.69) is 0 Å². The summed E-state index contributed by atoms with van der Waals surface area (Å²) in [7, 11) is 0. The standard InChI is InChI=1S/C13H19NO/c1-11(14)6-5-9-13(15)10-12-7-3-2-4-8-12/h2-4,7-8,11H,5-6,9-10,14H2,1H3. The van der Waals surface area contributed by atoms with E-state index >= 15 is 0 Å². The van der Waals surface area contributed by atoms with Crippen LogP contribution in [0, 0.1) is 0 Å². The normalized spacial score (nSPS) is 12.4. The van der Waals surface area contributed by atoms with Gasteiger partial charge in [-0.2, -0.15) is 0 Å². The van der Waals surface area contributed by atoms with Crippen LogP contribution in [0.5, 0.6) is 0 Å². The van der Waals surface area contributed by atoms with Crippen LogP contribution in [0.4, 0.5) is 0 Å². The summed E-state index contributed by atoms with van der Waals surface area (Å²) in [6.07, 6.45) is 3.04. The van der Waals surface area contributed by atoms with Gasteiger partial charge in [-0.15, -0.1) is 0 Å². The smallest absolute Gasteiger partial charge is 0.137 e. The van der Waals surface area contributed by atoms with Crippen molar-refractivity contribution in [1.82, 2.24) is 0 Å². The predicted octanol–water partition coefficient (Wildman–Crippen LogP) is 2.32. The number of rotatable bonds is 6. The molecule has 1 aromatic rings. The maximum Gasteiger partial charge on any atom is 0.137 e. The highest BCUT2D eigenvalue weighted by molar-refractivity contribution is 5.80. The predicted molar refractivity (Wildman–Crippen MR) is 62.7 cm³/mol. The average molecular weight is 205 g/mol. The Hall–Kier alpha value is -1.15. The van der Waals surface area contributed by atoms with Gasteiger partial charge in [-0.05, 0) is 25.3 Å². The van der Waals surface area contributed by atoms with Crippen molar-refractivity contribution in [3.8, 4) is 0 Å². The molecule has 0 saturated carbocycles. The molecule has 15 heavy (non-hydrogen) atoms. The maximum atomic E-state index is 11.6. The molecule has 0 saturated heterocycles. The molecule has 0 aliphatic heterocycles. The van der Waals surface area contributed by atoms with E-state index in [-0.39, 0.29) is 6.04 Å². The van der Waals surface area contributed by atoms with Gasteiger partial charge in [-0.1, -0.05) is 30.3 Å². The molecule has 0 heterocycles. The lowest BCUT2D eigenvalue weighted by Gasteiger charge is -2.04. The second kappa shape index (κ2) is 6.36. The lowest BCUT2D eigenvalue weighted by molar-refractivity contribution is -0.118. The van der Waals surface area contributed by atoms with Gasteiger partial charge in [0.15, 0.2) is 0 Å². The molecule has 0 fully saturated rings. The molecule has 1 aromatic carbocycles. The number of hydrogen-bond donors (Lipinski definition) is 1. The molecule has 0 aliphatic rings. The summed E-state index contributed by atoms with van der Waals surface area (Å²) in [4.78, 5) is 11.6. The van der Waals surface area contributed by atoms with Crippen molar-refractivity contribution in [3.63, 3.8) is 0 Å². The first-order chi connectivity index (χ1) is 7.18. The van der Waals surface area contributed by atoms with Gasteiger partial charge in [0.25, 0.3) is 0 Å². The molecular formula is C13H19NO. The van der Waals surface area contributed by atoms with E-state index in [0.29, 0.717) is 18.6 Å². The van der Waals surface area contributed by atoms with Gasteiger partial charge in [-0.25, -0.2) is 0 Å². The fourth-order valence-electron chi connectivity index (χ4n) is 1.53. The largest absolute Gasteiger partial charge is 0.328 e. The van der Waals surface area contributed by atoms with Gasteiger partial charge < -0.3 is 5.73 Å². The van der Waals surface area contributed by atoms with E-state index in [1.54, 1.807) is 0 Å². The summed E-state index contributed by atoms with van der Waals surface area (Å²) < 4.78 is 0. The highest BCUT2D eigenvalue weighted by Crippen LogP contribution is 2.05. The molecule has 0 radical (unpaired) electrons. The fraction of sp³-hybridized carbons (Fsp3) is 0.462. The summed E-state index contributed by atoms with van der Waals surface area (Å²) in [6, 6.07) is 10.1. The zero-order valence-corrected chi connectivity index (χ0v) is 9.28. The van der Waals surface area contributed by atoms with E-state index in [4.69, 9.17) is 5.73 Å². The molecule has 0 amide bonds. The topological polar surface area (TPSA) is 43.1 Å². The number of benzene rings is 1. The molecule has 2 nitrogen and oxygen atoms in total. The third-order valence-electron chi connectivity index (χ3n) is 2.36. The van der Waals surface area contributed by atoms with Crippen LogP contribution in [-0.4, -0.2) is 11.8 Å². The summed E-state index contributed by atoms with van der Waals surface area (Å²) in [5.41, 5.74) is 6.72. The Labute approximate surface area is 91.5 Å². The highest BCUT2D eigenvalue weighted by Gasteiger charge is 2.03. The van der Waals surface area contributed by atoms with Crippen molar-refractivity contribution in [3.05, 3.63) is 35.9 Å². The van der Waals surface area contributed by atoms with Crippen molar-refractivity contribution in [2.24, 2.45) is 5.73 Å². The minimum Gasteiger partial charge on any atom is -0.328 e. The van der Waals surface area contributed by atoms with Crippen LogP contribution >= 0.6 is 0 Å². The monoisotopic (exact) mass is 205 g/mol. The Bertz CT molecular complexity index is 293. The molecule has 2 N–H and O–H groups in total. The molecule has 0 aliphatic carbocycles. The van der Waals surface area contributed by atoms with E-state index in [1.807, 2.05) is 37.3 Å².